The molecule has 0 spiro atoms. The molecule has 0 aromatic heterocycles. The second kappa shape index (κ2) is 5.46. The molecule has 0 aliphatic rings. The zero-order chi connectivity index (χ0) is 10.4. The summed E-state index contributed by atoms with van der Waals surface area (Å²) in [5.41, 5.74) is 7.22. The van der Waals surface area contributed by atoms with Crippen LogP contribution in [0.5, 0.6) is 5.75 Å². The molecule has 2 N–H and O–H groups in total. The van der Waals surface area contributed by atoms with Gasteiger partial charge in [-0.05, 0) is 12.1 Å². The molecule has 74 valence electrons. The molecule has 0 saturated heterocycles. The first-order valence-electron chi connectivity index (χ1n) is 4.30. The highest BCUT2D eigenvalue weighted by Crippen LogP contribution is 2.17. The molecule has 0 heterocycles. The van der Waals surface area contributed by atoms with E-state index in [2.05, 4.69) is 24.5 Å². The zero-order valence-electron chi connectivity index (χ0n) is 8.08. The summed E-state index contributed by atoms with van der Waals surface area (Å²) < 4.78 is 5.08. The van der Waals surface area contributed by atoms with Crippen molar-refractivity contribution in [1.29, 1.82) is 0 Å². The van der Waals surface area contributed by atoms with Gasteiger partial charge in [0.1, 0.15) is 5.75 Å². The average molecular weight is 207 g/mol. The minimum absolute atomic E-state index is 0.666. The Morgan fingerprint density at radius 2 is 2.21 bits per heavy atom. The molecule has 0 radical (unpaired) electrons. The Bertz CT molecular complexity index is 365. The van der Waals surface area contributed by atoms with Crippen molar-refractivity contribution in [2.75, 3.05) is 18.6 Å². The average Bonchev–Trinajstić information content (AvgIpc) is 2.17. The molecule has 14 heavy (non-hydrogen) atoms. The van der Waals surface area contributed by atoms with Gasteiger partial charge in [-0.1, -0.05) is 11.8 Å². The smallest absolute Gasteiger partial charge is 0.122 e. The second-order valence-electron chi connectivity index (χ2n) is 2.77. The van der Waals surface area contributed by atoms with Crippen LogP contribution in [0.25, 0.3) is 0 Å². The Hall–Kier alpha value is -1.27. The van der Waals surface area contributed by atoms with Gasteiger partial charge in [-0.3, -0.25) is 0 Å². The number of hydrogen-bond acceptors (Lipinski definition) is 3. The topological polar surface area (TPSA) is 35.2 Å². The van der Waals surface area contributed by atoms with Crippen molar-refractivity contribution in [3.05, 3.63) is 23.8 Å². The number of nitrogen functional groups attached to an aromatic ring is 1. The summed E-state index contributed by atoms with van der Waals surface area (Å²) in [5, 5.41) is 0. The van der Waals surface area contributed by atoms with Gasteiger partial charge in [-0.15, -0.1) is 0 Å². The summed E-state index contributed by atoms with van der Waals surface area (Å²) in [6.07, 6.45) is 0.778. The van der Waals surface area contributed by atoms with E-state index >= 15 is 0 Å². The molecule has 0 saturated carbocycles. The highest BCUT2D eigenvalue weighted by Gasteiger charge is 1.95. The minimum Gasteiger partial charge on any atom is -0.497 e. The number of hydrogen-bond donors (Lipinski definition) is 2. The van der Waals surface area contributed by atoms with E-state index in [1.165, 1.54) is 0 Å². The van der Waals surface area contributed by atoms with E-state index in [4.69, 9.17) is 10.5 Å². The Morgan fingerprint density at radius 1 is 1.43 bits per heavy atom. The lowest BCUT2D eigenvalue weighted by atomic mass is 10.2. The van der Waals surface area contributed by atoms with Crippen molar-refractivity contribution in [2.24, 2.45) is 0 Å². The first-order valence-corrected chi connectivity index (χ1v) is 4.94. The molecule has 3 heteroatoms. The van der Waals surface area contributed by atoms with Crippen LogP contribution in [-0.4, -0.2) is 12.9 Å². The van der Waals surface area contributed by atoms with Crippen LogP contribution in [0.2, 0.25) is 0 Å². The first kappa shape index (κ1) is 10.8. The Kier molecular flexibility index (Phi) is 4.21. The first-order chi connectivity index (χ1) is 6.76. The Balaban J connectivity index is 2.88. The minimum atomic E-state index is 0.666. The van der Waals surface area contributed by atoms with E-state index in [0.29, 0.717) is 5.69 Å². The van der Waals surface area contributed by atoms with Crippen LogP contribution in [0.15, 0.2) is 18.2 Å². The molecule has 0 bridgehead atoms. The van der Waals surface area contributed by atoms with Gasteiger partial charge in [0.2, 0.25) is 0 Å². The summed E-state index contributed by atoms with van der Waals surface area (Å²) in [6.45, 7) is 0. The largest absolute Gasteiger partial charge is 0.497 e. The molecular weight excluding hydrogens is 194 g/mol. The summed E-state index contributed by atoms with van der Waals surface area (Å²) in [7, 11) is 1.61. The summed E-state index contributed by atoms with van der Waals surface area (Å²) >= 11 is 4.07. The van der Waals surface area contributed by atoms with E-state index < -0.39 is 0 Å². The van der Waals surface area contributed by atoms with Crippen LogP contribution >= 0.6 is 12.6 Å². The van der Waals surface area contributed by atoms with Crippen LogP contribution in [0.1, 0.15) is 12.0 Å². The van der Waals surface area contributed by atoms with Gasteiger partial charge in [0.15, 0.2) is 0 Å². The number of rotatable bonds is 2. The third-order valence-electron chi connectivity index (χ3n) is 1.63. The Morgan fingerprint density at radius 3 is 2.86 bits per heavy atom. The SMILES string of the molecule is COc1cc(N)cc(C#CCCS)c1. The van der Waals surface area contributed by atoms with Gasteiger partial charge in [0, 0.05) is 29.5 Å². The highest BCUT2D eigenvalue weighted by molar-refractivity contribution is 7.80. The van der Waals surface area contributed by atoms with Crippen LogP contribution < -0.4 is 10.5 Å². The molecule has 0 amide bonds. The fraction of sp³-hybridized carbons (Fsp3) is 0.273. The molecule has 1 aromatic carbocycles. The van der Waals surface area contributed by atoms with Crippen LogP contribution in [0, 0.1) is 11.8 Å². The van der Waals surface area contributed by atoms with Gasteiger partial charge in [-0.2, -0.15) is 12.6 Å². The van der Waals surface area contributed by atoms with Gasteiger partial charge < -0.3 is 10.5 Å². The van der Waals surface area contributed by atoms with Crippen molar-refractivity contribution < 1.29 is 4.74 Å². The van der Waals surface area contributed by atoms with Crippen LogP contribution in [-0.2, 0) is 0 Å². The standard InChI is InChI=1S/C11H13NOS/c1-13-11-7-9(4-2-3-5-14)6-10(12)8-11/h6-8,14H,3,5,12H2,1H3. The lowest BCUT2D eigenvalue weighted by Crippen LogP contribution is -1.89. The van der Waals surface area contributed by atoms with Gasteiger partial charge >= 0.3 is 0 Å². The van der Waals surface area contributed by atoms with E-state index in [1.807, 2.05) is 12.1 Å². The van der Waals surface area contributed by atoms with Crippen molar-refractivity contribution in [3.8, 4) is 17.6 Å². The third kappa shape index (κ3) is 3.23. The molecule has 1 aromatic rings. The highest BCUT2D eigenvalue weighted by atomic mass is 32.1. The zero-order valence-corrected chi connectivity index (χ0v) is 8.97. The number of benzene rings is 1. The van der Waals surface area contributed by atoms with Crippen molar-refractivity contribution >= 4 is 18.3 Å². The molecule has 0 unspecified atom stereocenters. The fourth-order valence-electron chi connectivity index (χ4n) is 1.03. The number of thiol groups is 1. The molecule has 0 fully saturated rings. The fourth-order valence-corrected chi connectivity index (χ4v) is 1.14. The molecular formula is C11H13NOS. The molecule has 2 nitrogen and oxygen atoms in total. The van der Waals surface area contributed by atoms with Gasteiger partial charge in [-0.25, -0.2) is 0 Å². The number of anilines is 1. The normalized spacial score (nSPS) is 9.00. The van der Waals surface area contributed by atoms with Crippen molar-refractivity contribution in [3.63, 3.8) is 0 Å². The summed E-state index contributed by atoms with van der Waals surface area (Å²) in [4.78, 5) is 0. The Labute approximate surface area is 89.9 Å². The quantitative estimate of drug-likeness (QED) is 0.441. The number of nitrogens with two attached hydrogens (primary N) is 1. The lowest BCUT2D eigenvalue weighted by molar-refractivity contribution is 0.415. The van der Waals surface area contributed by atoms with Crippen molar-refractivity contribution in [2.45, 2.75) is 6.42 Å². The van der Waals surface area contributed by atoms with E-state index in [-0.39, 0.29) is 0 Å². The second-order valence-corrected chi connectivity index (χ2v) is 3.22. The molecule has 0 aliphatic heterocycles. The van der Waals surface area contributed by atoms with E-state index in [0.717, 1.165) is 23.5 Å². The van der Waals surface area contributed by atoms with Crippen molar-refractivity contribution in [1.82, 2.24) is 0 Å². The summed E-state index contributed by atoms with van der Waals surface area (Å²) in [5.74, 6) is 7.50. The maximum Gasteiger partial charge on any atom is 0.122 e. The van der Waals surface area contributed by atoms with E-state index in [1.54, 1.807) is 13.2 Å². The number of ether oxygens (including phenoxy) is 1. The monoisotopic (exact) mass is 207 g/mol. The molecule has 0 aliphatic carbocycles. The maximum absolute atomic E-state index is 5.68. The molecule has 0 atom stereocenters. The number of methoxy groups -OCH3 is 1. The maximum atomic E-state index is 5.68. The predicted molar refractivity (Wildman–Crippen MR) is 62.8 cm³/mol. The third-order valence-corrected chi connectivity index (χ3v) is 1.86. The van der Waals surface area contributed by atoms with Crippen LogP contribution in [0.3, 0.4) is 0 Å². The van der Waals surface area contributed by atoms with E-state index in [9.17, 15) is 0 Å². The van der Waals surface area contributed by atoms with Crippen LogP contribution in [0.4, 0.5) is 5.69 Å². The lowest BCUT2D eigenvalue weighted by Gasteiger charge is -2.01. The predicted octanol–water partition coefficient (Wildman–Crippen LogP) is 1.95. The van der Waals surface area contributed by atoms with Gasteiger partial charge in [0.05, 0.1) is 7.11 Å². The van der Waals surface area contributed by atoms with Gasteiger partial charge in [0.25, 0.3) is 0 Å². The molecule has 1 rings (SSSR count). The summed E-state index contributed by atoms with van der Waals surface area (Å²) in [6, 6.07) is 5.46.